The second kappa shape index (κ2) is 7.19. The molecule has 0 spiro atoms. The maximum Gasteiger partial charge on any atom is 0.217 e. The van der Waals surface area contributed by atoms with Crippen LogP contribution in [0.2, 0.25) is 0 Å². The molecule has 1 aromatic rings. The number of piperidine rings is 1. The van der Waals surface area contributed by atoms with Crippen molar-refractivity contribution in [1.82, 2.24) is 15.3 Å². The Morgan fingerprint density at radius 1 is 1.48 bits per heavy atom. The second-order valence-corrected chi connectivity index (χ2v) is 5.07. The molecule has 1 aliphatic heterocycles. The first-order valence-corrected chi connectivity index (χ1v) is 6.98. The SMILES string of the molecule is COCc1nc(NN)cc(N2CCC(NC(C)=O)CC2)n1. The molecule has 0 unspecified atom stereocenters. The summed E-state index contributed by atoms with van der Waals surface area (Å²) in [6, 6.07) is 2.06. The van der Waals surface area contributed by atoms with Crippen LogP contribution in [0.3, 0.4) is 0 Å². The van der Waals surface area contributed by atoms with E-state index in [0.29, 0.717) is 18.2 Å². The van der Waals surface area contributed by atoms with Crippen LogP contribution in [-0.4, -0.2) is 42.1 Å². The van der Waals surface area contributed by atoms with Crippen molar-refractivity contribution < 1.29 is 9.53 Å². The third-order valence-corrected chi connectivity index (χ3v) is 3.41. The highest BCUT2D eigenvalue weighted by atomic mass is 16.5. The number of rotatable bonds is 5. The van der Waals surface area contributed by atoms with Crippen molar-refractivity contribution in [3.05, 3.63) is 11.9 Å². The van der Waals surface area contributed by atoms with Gasteiger partial charge in [0.25, 0.3) is 0 Å². The minimum atomic E-state index is 0.0208. The smallest absolute Gasteiger partial charge is 0.217 e. The molecular formula is C13H22N6O2. The Kier molecular flexibility index (Phi) is 5.29. The number of nitrogens with two attached hydrogens (primary N) is 1. The summed E-state index contributed by atoms with van der Waals surface area (Å²) in [6.07, 6.45) is 1.79. The molecule has 1 amide bonds. The van der Waals surface area contributed by atoms with Gasteiger partial charge in [-0.15, -0.1) is 0 Å². The Balaban J connectivity index is 2.05. The predicted molar refractivity (Wildman–Crippen MR) is 79.6 cm³/mol. The molecule has 1 fully saturated rings. The van der Waals surface area contributed by atoms with Gasteiger partial charge >= 0.3 is 0 Å². The van der Waals surface area contributed by atoms with Crippen LogP contribution in [0, 0.1) is 0 Å². The number of carbonyl (C=O) groups is 1. The van der Waals surface area contributed by atoms with Crippen LogP contribution in [-0.2, 0) is 16.1 Å². The Labute approximate surface area is 124 Å². The first kappa shape index (κ1) is 15.5. The number of ether oxygens (including phenoxy) is 1. The molecule has 4 N–H and O–H groups in total. The molecule has 21 heavy (non-hydrogen) atoms. The van der Waals surface area contributed by atoms with Crippen molar-refractivity contribution in [3.8, 4) is 0 Å². The van der Waals surface area contributed by atoms with Gasteiger partial charge in [0.05, 0.1) is 0 Å². The Hall–Kier alpha value is -1.93. The van der Waals surface area contributed by atoms with Gasteiger partial charge in [0.15, 0.2) is 5.82 Å². The van der Waals surface area contributed by atoms with Crippen molar-refractivity contribution >= 4 is 17.5 Å². The normalized spacial score (nSPS) is 15.9. The van der Waals surface area contributed by atoms with Gasteiger partial charge in [-0.2, -0.15) is 0 Å². The molecule has 0 bridgehead atoms. The Bertz CT molecular complexity index is 488. The molecule has 1 saturated heterocycles. The van der Waals surface area contributed by atoms with E-state index in [1.54, 1.807) is 14.0 Å². The van der Waals surface area contributed by atoms with Crippen molar-refractivity contribution in [2.24, 2.45) is 5.84 Å². The molecule has 0 saturated carbocycles. The summed E-state index contributed by atoms with van der Waals surface area (Å²) >= 11 is 0. The highest BCUT2D eigenvalue weighted by molar-refractivity contribution is 5.73. The average Bonchev–Trinajstić information content (AvgIpc) is 2.47. The van der Waals surface area contributed by atoms with E-state index in [1.165, 1.54) is 0 Å². The van der Waals surface area contributed by atoms with Crippen LogP contribution in [0.5, 0.6) is 0 Å². The van der Waals surface area contributed by atoms with Crippen molar-refractivity contribution in [2.75, 3.05) is 30.5 Å². The maximum absolute atomic E-state index is 11.1. The Morgan fingerprint density at radius 3 is 2.76 bits per heavy atom. The molecule has 0 atom stereocenters. The lowest BCUT2D eigenvalue weighted by molar-refractivity contribution is -0.119. The monoisotopic (exact) mass is 294 g/mol. The molecule has 1 aromatic heterocycles. The van der Waals surface area contributed by atoms with Crippen LogP contribution in [0.4, 0.5) is 11.6 Å². The molecule has 8 nitrogen and oxygen atoms in total. The molecule has 8 heteroatoms. The van der Waals surface area contributed by atoms with Gasteiger partial charge in [0, 0.05) is 39.2 Å². The number of methoxy groups -OCH3 is 1. The third kappa shape index (κ3) is 4.27. The van der Waals surface area contributed by atoms with E-state index in [0.717, 1.165) is 31.7 Å². The molecule has 116 valence electrons. The number of nitrogens with one attached hydrogen (secondary N) is 2. The van der Waals surface area contributed by atoms with E-state index in [2.05, 4.69) is 25.6 Å². The summed E-state index contributed by atoms with van der Waals surface area (Å²) in [5.74, 6) is 7.44. The van der Waals surface area contributed by atoms with Crippen LogP contribution in [0.15, 0.2) is 6.07 Å². The first-order valence-electron chi connectivity index (χ1n) is 6.98. The zero-order chi connectivity index (χ0) is 15.2. The van der Waals surface area contributed by atoms with E-state index in [1.807, 2.05) is 6.07 Å². The quantitative estimate of drug-likeness (QED) is 0.519. The molecule has 0 aromatic carbocycles. The predicted octanol–water partition coefficient (Wildman–Crippen LogP) is 0.0135. The van der Waals surface area contributed by atoms with Gasteiger partial charge in [-0.3, -0.25) is 4.79 Å². The minimum Gasteiger partial charge on any atom is -0.377 e. The van der Waals surface area contributed by atoms with Crippen LogP contribution >= 0.6 is 0 Å². The summed E-state index contributed by atoms with van der Waals surface area (Å²) in [6.45, 7) is 3.55. The molecule has 0 radical (unpaired) electrons. The lowest BCUT2D eigenvalue weighted by Crippen LogP contribution is -2.44. The highest BCUT2D eigenvalue weighted by Gasteiger charge is 2.21. The minimum absolute atomic E-state index is 0.0208. The summed E-state index contributed by atoms with van der Waals surface area (Å²) < 4.78 is 5.07. The van der Waals surface area contributed by atoms with Gasteiger partial charge < -0.3 is 20.4 Å². The van der Waals surface area contributed by atoms with Crippen LogP contribution < -0.4 is 21.5 Å². The fourth-order valence-electron chi connectivity index (χ4n) is 2.45. The molecular weight excluding hydrogens is 272 g/mol. The van der Waals surface area contributed by atoms with E-state index in [9.17, 15) is 4.79 Å². The number of hydrogen-bond donors (Lipinski definition) is 3. The number of anilines is 2. The van der Waals surface area contributed by atoms with Crippen molar-refractivity contribution in [3.63, 3.8) is 0 Å². The first-order chi connectivity index (χ1) is 10.1. The number of hydrazine groups is 1. The van der Waals surface area contributed by atoms with E-state index < -0.39 is 0 Å². The summed E-state index contributed by atoms with van der Waals surface area (Å²) in [7, 11) is 1.60. The number of aromatic nitrogens is 2. The fraction of sp³-hybridized carbons (Fsp3) is 0.615. The van der Waals surface area contributed by atoms with Gasteiger partial charge in [-0.25, -0.2) is 15.8 Å². The molecule has 1 aliphatic rings. The largest absolute Gasteiger partial charge is 0.377 e. The summed E-state index contributed by atoms with van der Waals surface area (Å²) in [5.41, 5.74) is 2.55. The maximum atomic E-state index is 11.1. The Morgan fingerprint density at radius 2 is 2.19 bits per heavy atom. The molecule has 0 aliphatic carbocycles. The number of nitrogen functional groups attached to an aromatic ring is 1. The topological polar surface area (TPSA) is 105 Å². The van der Waals surface area contributed by atoms with Crippen LogP contribution in [0.1, 0.15) is 25.6 Å². The average molecular weight is 294 g/mol. The zero-order valence-electron chi connectivity index (χ0n) is 12.4. The molecule has 2 rings (SSSR count). The van der Waals surface area contributed by atoms with Gasteiger partial charge in [-0.1, -0.05) is 0 Å². The van der Waals surface area contributed by atoms with Gasteiger partial charge in [0.2, 0.25) is 5.91 Å². The van der Waals surface area contributed by atoms with Crippen molar-refractivity contribution in [1.29, 1.82) is 0 Å². The van der Waals surface area contributed by atoms with Crippen molar-refractivity contribution in [2.45, 2.75) is 32.4 Å². The lowest BCUT2D eigenvalue weighted by Gasteiger charge is -2.33. The summed E-state index contributed by atoms with van der Waals surface area (Å²) in [5, 5.41) is 2.96. The zero-order valence-corrected chi connectivity index (χ0v) is 12.4. The summed E-state index contributed by atoms with van der Waals surface area (Å²) in [4.78, 5) is 22.0. The number of carbonyl (C=O) groups excluding carboxylic acids is 1. The van der Waals surface area contributed by atoms with E-state index >= 15 is 0 Å². The number of amides is 1. The third-order valence-electron chi connectivity index (χ3n) is 3.41. The standard InChI is InChI=1S/C13H22N6O2/c1-9(20)15-10-3-5-19(6-4-10)13-7-11(18-14)16-12(17-13)8-21-2/h7,10H,3-6,8,14H2,1-2H3,(H,15,20)(H,16,17,18). The molecule has 2 heterocycles. The number of hydrogen-bond acceptors (Lipinski definition) is 7. The number of nitrogens with zero attached hydrogens (tertiary/aromatic N) is 3. The second-order valence-electron chi connectivity index (χ2n) is 5.07. The van der Waals surface area contributed by atoms with Crippen LogP contribution in [0.25, 0.3) is 0 Å². The lowest BCUT2D eigenvalue weighted by atomic mass is 10.1. The van der Waals surface area contributed by atoms with E-state index in [-0.39, 0.29) is 11.9 Å². The van der Waals surface area contributed by atoms with Gasteiger partial charge in [0.1, 0.15) is 18.2 Å². The van der Waals surface area contributed by atoms with E-state index in [4.69, 9.17) is 10.6 Å². The highest BCUT2D eigenvalue weighted by Crippen LogP contribution is 2.20. The van der Waals surface area contributed by atoms with Gasteiger partial charge in [-0.05, 0) is 12.8 Å². The fourth-order valence-corrected chi connectivity index (χ4v) is 2.45.